The second-order valence-electron chi connectivity index (χ2n) is 6.96. The van der Waals surface area contributed by atoms with Crippen LogP contribution in [0, 0.1) is 10.8 Å². The van der Waals surface area contributed by atoms with Gasteiger partial charge in [0.25, 0.3) is 0 Å². The van der Waals surface area contributed by atoms with Crippen LogP contribution in [0.3, 0.4) is 0 Å². The maximum absolute atomic E-state index is 13.4. The third kappa shape index (κ3) is 5.19. The molecule has 154 valence electrons. The standard InChI is InChI=1S/C17H26FN7O3/c18-10-6-22-16(23-7-10)14(15(19)25-27)17(26)24-12-9-21-5-3-13(12)28-11-2-1-4-20-8-11/h3,5,9-11,14-16,20,22-23H,1-2,4,6-8,19H2,(H,24,26)/t10?,11-,14?,15?,16?/m0/s1. The second-order valence-corrected chi connectivity index (χ2v) is 6.96. The maximum Gasteiger partial charge on any atom is 0.234 e. The van der Waals surface area contributed by atoms with Gasteiger partial charge < -0.3 is 21.1 Å². The van der Waals surface area contributed by atoms with E-state index in [1.807, 2.05) is 0 Å². The van der Waals surface area contributed by atoms with Crippen molar-refractivity contribution in [3.63, 3.8) is 0 Å². The molecule has 2 saturated heterocycles. The number of aromatic nitrogens is 1. The van der Waals surface area contributed by atoms with Crippen LogP contribution in [0.15, 0.2) is 23.6 Å². The minimum absolute atomic E-state index is 0.00957. The Balaban J connectivity index is 1.71. The number of anilines is 1. The highest BCUT2D eigenvalue weighted by Gasteiger charge is 2.37. The Morgan fingerprint density at radius 3 is 2.86 bits per heavy atom. The van der Waals surface area contributed by atoms with Crippen molar-refractivity contribution in [3.05, 3.63) is 23.4 Å². The van der Waals surface area contributed by atoms with Gasteiger partial charge in [-0.1, -0.05) is 5.18 Å². The first-order valence-corrected chi connectivity index (χ1v) is 9.39. The van der Waals surface area contributed by atoms with Crippen LogP contribution in [0.25, 0.3) is 0 Å². The summed E-state index contributed by atoms with van der Waals surface area (Å²) in [6.07, 6.45) is 1.89. The number of carbonyl (C=O) groups is 1. The molecule has 3 atom stereocenters. The summed E-state index contributed by atoms with van der Waals surface area (Å²) in [6.45, 7) is 1.80. The van der Waals surface area contributed by atoms with Crippen molar-refractivity contribution in [2.75, 3.05) is 31.5 Å². The third-order valence-corrected chi connectivity index (χ3v) is 4.85. The molecule has 10 nitrogen and oxygen atoms in total. The van der Waals surface area contributed by atoms with E-state index in [0.29, 0.717) is 11.4 Å². The molecular formula is C17H26FN7O3. The monoisotopic (exact) mass is 395 g/mol. The van der Waals surface area contributed by atoms with Crippen molar-refractivity contribution in [1.29, 1.82) is 0 Å². The van der Waals surface area contributed by atoms with E-state index in [-0.39, 0.29) is 19.2 Å². The molecule has 0 spiro atoms. The number of nitrogens with two attached hydrogens (primary N) is 1. The largest absolute Gasteiger partial charge is 0.487 e. The summed E-state index contributed by atoms with van der Waals surface area (Å²) in [4.78, 5) is 27.9. The van der Waals surface area contributed by atoms with E-state index in [1.54, 1.807) is 12.3 Å². The van der Waals surface area contributed by atoms with Gasteiger partial charge in [-0.05, 0) is 19.4 Å². The van der Waals surface area contributed by atoms with Gasteiger partial charge in [0.1, 0.15) is 29.6 Å². The van der Waals surface area contributed by atoms with E-state index in [2.05, 4.69) is 31.4 Å². The lowest BCUT2D eigenvalue weighted by Crippen LogP contribution is -2.62. The van der Waals surface area contributed by atoms with Crippen LogP contribution in [-0.2, 0) is 4.79 Å². The molecule has 0 aliphatic carbocycles. The van der Waals surface area contributed by atoms with Gasteiger partial charge in [0.2, 0.25) is 5.91 Å². The molecule has 6 N–H and O–H groups in total. The molecule has 0 radical (unpaired) electrons. The van der Waals surface area contributed by atoms with Crippen LogP contribution < -0.4 is 31.7 Å². The van der Waals surface area contributed by atoms with Crippen molar-refractivity contribution in [1.82, 2.24) is 20.9 Å². The van der Waals surface area contributed by atoms with Crippen molar-refractivity contribution >= 4 is 11.6 Å². The van der Waals surface area contributed by atoms with Crippen LogP contribution in [0.1, 0.15) is 12.8 Å². The SMILES string of the molecule is NC(N=O)C(C(=O)Nc1cnccc1O[C@H]1CCCNC1)C1NCC(F)CN1. The summed E-state index contributed by atoms with van der Waals surface area (Å²) >= 11 is 0. The van der Waals surface area contributed by atoms with Crippen LogP contribution in [0.5, 0.6) is 5.75 Å². The number of rotatable bonds is 7. The first kappa shape index (κ1) is 20.5. The molecule has 1 aromatic rings. The Bertz CT molecular complexity index is 666. The zero-order chi connectivity index (χ0) is 19.9. The van der Waals surface area contributed by atoms with Crippen molar-refractivity contribution in [2.24, 2.45) is 16.8 Å². The molecule has 1 aromatic heterocycles. The summed E-state index contributed by atoms with van der Waals surface area (Å²) in [7, 11) is 0. The summed E-state index contributed by atoms with van der Waals surface area (Å²) in [5.41, 5.74) is 6.13. The number of pyridine rings is 1. The van der Waals surface area contributed by atoms with E-state index < -0.39 is 30.3 Å². The molecule has 2 aliphatic rings. The molecule has 28 heavy (non-hydrogen) atoms. The minimum Gasteiger partial charge on any atom is -0.487 e. The lowest BCUT2D eigenvalue weighted by molar-refractivity contribution is -0.122. The first-order valence-electron chi connectivity index (χ1n) is 9.39. The number of nitrogens with one attached hydrogen (secondary N) is 4. The molecular weight excluding hydrogens is 369 g/mol. The number of hydrogen-bond acceptors (Lipinski definition) is 9. The van der Waals surface area contributed by atoms with E-state index >= 15 is 0 Å². The average Bonchev–Trinajstić information content (AvgIpc) is 2.71. The fourth-order valence-electron chi connectivity index (χ4n) is 3.37. The Hall–Kier alpha value is -2.21. The van der Waals surface area contributed by atoms with Crippen LogP contribution in [0.2, 0.25) is 0 Å². The predicted octanol–water partition coefficient (Wildman–Crippen LogP) is -0.325. The number of piperidine rings is 1. The Labute approximate surface area is 162 Å². The number of alkyl halides is 1. The molecule has 2 unspecified atom stereocenters. The number of nitroso groups, excluding NO2 is 1. The van der Waals surface area contributed by atoms with Gasteiger partial charge in [-0.3, -0.25) is 20.4 Å². The van der Waals surface area contributed by atoms with Gasteiger partial charge in [-0.25, -0.2) is 4.39 Å². The summed E-state index contributed by atoms with van der Waals surface area (Å²) in [5, 5.41) is 14.5. The van der Waals surface area contributed by atoms with Crippen LogP contribution in [-0.4, -0.2) is 61.7 Å². The summed E-state index contributed by atoms with van der Waals surface area (Å²) in [5.74, 6) is -1.08. The highest BCUT2D eigenvalue weighted by molar-refractivity contribution is 5.94. The van der Waals surface area contributed by atoms with Gasteiger partial charge in [-0.2, -0.15) is 0 Å². The summed E-state index contributed by atoms with van der Waals surface area (Å²) < 4.78 is 19.4. The third-order valence-electron chi connectivity index (χ3n) is 4.85. The van der Waals surface area contributed by atoms with Crippen LogP contribution in [0.4, 0.5) is 10.1 Å². The van der Waals surface area contributed by atoms with Gasteiger partial charge in [0.15, 0.2) is 6.17 Å². The number of ether oxygens (including phenoxy) is 1. The molecule has 0 aromatic carbocycles. The Morgan fingerprint density at radius 2 is 2.18 bits per heavy atom. The predicted molar refractivity (Wildman–Crippen MR) is 101 cm³/mol. The van der Waals surface area contributed by atoms with E-state index in [4.69, 9.17) is 10.5 Å². The molecule has 11 heteroatoms. The van der Waals surface area contributed by atoms with E-state index in [1.165, 1.54) is 6.20 Å². The molecule has 2 aliphatic heterocycles. The lowest BCUT2D eigenvalue weighted by atomic mass is 9.99. The average molecular weight is 395 g/mol. The Morgan fingerprint density at radius 1 is 1.39 bits per heavy atom. The van der Waals surface area contributed by atoms with Gasteiger partial charge in [0.05, 0.1) is 12.4 Å². The zero-order valence-electron chi connectivity index (χ0n) is 15.4. The van der Waals surface area contributed by atoms with Gasteiger partial charge in [0, 0.05) is 31.9 Å². The van der Waals surface area contributed by atoms with Crippen molar-refractivity contribution in [3.8, 4) is 5.75 Å². The smallest absolute Gasteiger partial charge is 0.234 e. The molecule has 0 saturated carbocycles. The summed E-state index contributed by atoms with van der Waals surface area (Å²) in [6, 6.07) is 1.67. The normalized spacial score (nSPS) is 27.4. The molecule has 3 rings (SSSR count). The number of halogens is 1. The maximum atomic E-state index is 13.4. The topological polar surface area (TPSA) is 143 Å². The molecule has 2 fully saturated rings. The fraction of sp³-hybridized carbons (Fsp3) is 0.647. The van der Waals surface area contributed by atoms with Crippen molar-refractivity contribution in [2.45, 2.75) is 37.4 Å². The molecule has 3 heterocycles. The van der Waals surface area contributed by atoms with Crippen molar-refractivity contribution < 1.29 is 13.9 Å². The number of carbonyl (C=O) groups excluding carboxylic acids is 1. The Kier molecular flexibility index (Phi) is 7.20. The highest BCUT2D eigenvalue weighted by atomic mass is 19.1. The van der Waals surface area contributed by atoms with E-state index in [0.717, 1.165) is 25.9 Å². The number of amides is 1. The zero-order valence-corrected chi connectivity index (χ0v) is 15.4. The first-order chi connectivity index (χ1) is 13.6. The molecule has 1 amide bonds. The van der Waals surface area contributed by atoms with Gasteiger partial charge >= 0.3 is 0 Å². The quantitative estimate of drug-likeness (QED) is 0.395. The fourth-order valence-corrected chi connectivity index (χ4v) is 3.37. The highest BCUT2D eigenvalue weighted by Crippen LogP contribution is 2.26. The van der Waals surface area contributed by atoms with E-state index in [9.17, 15) is 14.1 Å². The number of nitrogens with zero attached hydrogens (tertiary/aromatic N) is 2. The molecule has 0 bridgehead atoms. The second kappa shape index (κ2) is 9.82. The van der Waals surface area contributed by atoms with Crippen LogP contribution >= 0.6 is 0 Å². The van der Waals surface area contributed by atoms with Gasteiger partial charge in [-0.15, -0.1) is 4.91 Å². The number of hydrogen-bond donors (Lipinski definition) is 5. The minimum atomic E-state index is -1.30. The lowest BCUT2D eigenvalue weighted by Gasteiger charge is -2.33.